The highest BCUT2D eigenvalue weighted by Gasteiger charge is 2.20. The van der Waals surface area contributed by atoms with Gasteiger partial charge in [0.05, 0.1) is 5.56 Å². The summed E-state index contributed by atoms with van der Waals surface area (Å²) < 4.78 is 28.6. The van der Waals surface area contributed by atoms with E-state index in [-0.39, 0.29) is 11.3 Å². The van der Waals surface area contributed by atoms with Crippen LogP contribution in [0.25, 0.3) is 5.57 Å². The molecule has 3 heteroatoms. The molecule has 1 N–H and O–H groups in total. The fourth-order valence-corrected chi connectivity index (χ4v) is 3.12. The van der Waals surface area contributed by atoms with Crippen molar-refractivity contribution < 1.29 is 13.9 Å². The van der Waals surface area contributed by atoms with Crippen molar-refractivity contribution in [1.29, 1.82) is 0 Å². The van der Waals surface area contributed by atoms with Gasteiger partial charge in [-0.25, -0.2) is 8.78 Å². The van der Waals surface area contributed by atoms with Crippen LogP contribution in [0.3, 0.4) is 0 Å². The number of hydrogen-bond donors (Lipinski definition) is 1. The van der Waals surface area contributed by atoms with E-state index < -0.39 is 11.6 Å². The summed E-state index contributed by atoms with van der Waals surface area (Å²) in [5.41, 5.74) is 2.54. The van der Waals surface area contributed by atoms with Gasteiger partial charge in [-0.05, 0) is 61.1 Å². The first-order valence-electron chi connectivity index (χ1n) is 7.62. The van der Waals surface area contributed by atoms with Crippen LogP contribution in [0.5, 0.6) is 5.75 Å². The van der Waals surface area contributed by atoms with Crippen LogP contribution in [0.2, 0.25) is 0 Å². The van der Waals surface area contributed by atoms with Gasteiger partial charge in [0, 0.05) is 0 Å². The number of phenolic OH excluding ortho intramolecular Hbond substituents is 1. The van der Waals surface area contributed by atoms with Crippen LogP contribution in [0.1, 0.15) is 43.2 Å². The second-order valence-electron chi connectivity index (χ2n) is 5.68. The summed E-state index contributed by atoms with van der Waals surface area (Å²) >= 11 is 0. The second-order valence-corrected chi connectivity index (χ2v) is 5.68. The molecule has 2 aromatic carbocycles. The monoisotopic (exact) mass is 300 g/mol. The van der Waals surface area contributed by atoms with Crippen LogP contribution >= 0.6 is 0 Å². The number of rotatable bonds is 2. The maximum atomic E-state index is 14.3. The zero-order chi connectivity index (χ0) is 15.5. The Bertz CT molecular complexity index is 674. The van der Waals surface area contributed by atoms with Gasteiger partial charge in [-0.15, -0.1) is 0 Å². The van der Waals surface area contributed by atoms with E-state index in [1.807, 2.05) is 0 Å². The van der Waals surface area contributed by atoms with Gasteiger partial charge >= 0.3 is 0 Å². The number of aromatic hydroxyl groups is 1. The molecule has 0 unspecified atom stereocenters. The van der Waals surface area contributed by atoms with Crippen LogP contribution in [-0.4, -0.2) is 5.11 Å². The molecular formula is C19H18F2O. The van der Waals surface area contributed by atoms with Gasteiger partial charge in [0.2, 0.25) is 0 Å². The normalized spacial score (nSPS) is 14.9. The average molecular weight is 300 g/mol. The molecule has 0 aromatic heterocycles. The summed E-state index contributed by atoms with van der Waals surface area (Å²) in [6, 6.07) is 10.5. The molecule has 22 heavy (non-hydrogen) atoms. The van der Waals surface area contributed by atoms with Crippen molar-refractivity contribution in [3.63, 3.8) is 0 Å². The third-order valence-corrected chi connectivity index (χ3v) is 4.18. The lowest BCUT2D eigenvalue weighted by atomic mass is 9.84. The van der Waals surface area contributed by atoms with Crippen molar-refractivity contribution in [2.45, 2.75) is 32.1 Å². The lowest BCUT2D eigenvalue weighted by Crippen LogP contribution is -2.04. The number of phenols is 1. The number of benzene rings is 2. The zero-order valence-electron chi connectivity index (χ0n) is 12.3. The van der Waals surface area contributed by atoms with Crippen LogP contribution in [-0.2, 0) is 0 Å². The minimum absolute atomic E-state index is 0.0464. The van der Waals surface area contributed by atoms with E-state index in [1.165, 1.54) is 18.2 Å². The summed E-state index contributed by atoms with van der Waals surface area (Å²) in [6.45, 7) is 0. The van der Waals surface area contributed by atoms with Crippen molar-refractivity contribution in [1.82, 2.24) is 0 Å². The summed E-state index contributed by atoms with van der Waals surface area (Å²) in [4.78, 5) is 0. The molecule has 0 atom stereocenters. The lowest BCUT2D eigenvalue weighted by Gasteiger charge is -2.21. The third kappa shape index (κ3) is 2.89. The average Bonchev–Trinajstić information content (AvgIpc) is 2.53. The van der Waals surface area contributed by atoms with E-state index in [9.17, 15) is 13.9 Å². The Hall–Kier alpha value is -2.16. The highest BCUT2D eigenvalue weighted by atomic mass is 19.1. The van der Waals surface area contributed by atoms with E-state index in [2.05, 4.69) is 0 Å². The molecule has 0 bridgehead atoms. The Morgan fingerprint density at radius 1 is 0.818 bits per heavy atom. The summed E-state index contributed by atoms with van der Waals surface area (Å²) in [6.07, 6.45) is 4.99. The molecule has 0 radical (unpaired) electrons. The molecular weight excluding hydrogens is 282 g/mol. The Morgan fingerprint density at radius 3 is 2.00 bits per heavy atom. The van der Waals surface area contributed by atoms with Crippen LogP contribution < -0.4 is 0 Å². The predicted molar refractivity (Wildman–Crippen MR) is 83.6 cm³/mol. The number of allylic oxidation sites excluding steroid dienone is 1. The molecule has 1 fully saturated rings. The maximum Gasteiger partial charge on any atom is 0.133 e. The summed E-state index contributed by atoms with van der Waals surface area (Å²) in [5.74, 6) is -0.937. The number of halogens is 2. The minimum Gasteiger partial charge on any atom is -0.508 e. The Labute approximate surface area is 128 Å². The van der Waals surface area contributed by atoms with Gasteiger partial charge in [0.25, 0.3) is 0 Å². The standard InChI is InChI=1S/C19H18F2O/c20-16-7-4-8-17(21)19(16)18(13-5-2-1-3-6-13)14-9-11-15(22)12-10-14/h4,7-12,22H,1-3,5-6H2. The van der Waals surface area contributed by atoms with E-state index in [4.69, 9.17) is 0 Å². The first-order chi connectivity index (χ1) is 10.7. The van der Waals surface area contributed by atoms with E-state index in [0.29, 0.717) is 5.57 Å². The predicted octanol–water partition coefficient (Wildman–Crippen LogP) is 5.44. The fourth-order valence-electron chi connectivity index (χ4n) is 3.12. The van der Waals surface area contributed by atoms with E-state index >= 15 is 0 Å². The topological polar surface area (TPSA) is 20.2 Å². The minimum atomic E-state index is -0.541. The summed E-state index contributed by atoms with van der Waals surface area (Å²) in [5, 5.41) is 9.46. The van der Waals surface area contributed by atoms with E-state index in [0.717, 1.165) is 43.2 Å². The summed E-state index contributed by atoms with van der Waals surface area (Å²) in [7, 11) is 0. The molecule has 0 heterocycles. The van der Waals surface area contributed by atoms with Crippen molar-refractivity contribution >= 4 is 5.57 Å². The van der Waals surface area contributed by atoms with Crippen LogP contribution in [0.15, 0.2) is 48.0 Å². The van der Waals surface area contributed by atoms with Crippen molar-refractivity contribution in [3.05, 3.63) is 70.8 Å². The molecule has 0 aliphatic heterocycles. The largest absolute Gasteiger partial charge is 0.508 e. The quantitative estimate of drug-likeness (QED) is 0.783. The highest BCUT2D eigenvalue weighted by molar-refractivity contribution is 5.83. The molecule has 0 amide bonds. The fraction of sp³-hybridized carbons (Fsp3) is 0.263. The first-order valence-corrected chi connectivity index (χ1v) is 7.62. The van der Waals surface area contributed by atoms with Gasteiger partial charge in [-0.3, -0.25) is 0 Å². The second kappa shape index (κ2) is 6.30. The SMILES string of the molecule is Oc1ccc(C(=C2CCCCC2)c2c(F)cccc2F)cc1. The smallest absolute Gasteiger partial charge is 0.133 e. The molecule has 1 saturated carbocycles. The zero-order valence-corrected chi connectivity index (χ0v) is 12.3. The van der Waals surface area contributed by atoms with Crippen LogP contribution in [0, 0.1) is 11.6 Å². The molecule has 2 aromatic rings. The van der Waals surface area contributed by atoms with Gasteiger partial charge < -0.3 is 5.11 Å². The first kappa shape index (κ1) is 14.8. The highest BCUT2D eigenvalue weighted by Crippen LogP contribution is 2.37. The van der Waals surface area contributed by atoms with Crippen molar-refractivity contribution in [3.8, 4) is 5.75 Å². The Morgan fingerprint density at radius 2 is 1.41 bits per heavy atom. The molecule has 0 spiro atoms. The van der Waals surface area contributed by atoms with Gasteiger partial charge in [-0.1, -0.05) is 30.2 Å². The van der Waals surface area contributed by atoms with Gasteiger partial charge in [0.15, 0.2) is 0 Å². The lowest BCUT2D eigenvalue weighted by molar-refractivity contribution is 0.475. The Balaban J connectivity index is 2.21. The Kier molecular flexibility index (Phi) is 4.23. The molecule has 0 saturated heterocycles. The number of hydrogen-bond acceptors (Lipinski definition) is 1. The van der Waals surface area contributed by atoms with Gasteiger partial charge in [-0.2, -0.15) is 0 Å². The van der Waals surface area contributed by atoms with E-state index in [1.54, 1.807) is 24.3 Å². The third-order valence-electron chi connectivity index (χ3n) is 4.18. The molecule has 1 aliphatic carbocycles. The molecule has 3 rings (SSSR count). The molecule has 114 valence electrons. The van der Waals surface area contributed by atoms with Crippen molar-refractivity contribution in [2.75, 3.05) is 0 Å². The molecule has 1 aliphatic rings. The van der Waals surface area contributed by atoms with Crippen LogP contribution in [0.4, 0.5) is 8.78 Å². The van der Waals surface area contributed by atoms with Gasteiger partial charge in [0.1, 0.15) is 17.4 Å². The molecule has 1 nitrogen and oxygen atoms in total. The maximum absolute atomic E-state index is 14.3. The van der Waals surface area contributed by atoms with Crippen molar-refractivity contribution in [2.24, 2.45) is 0 Å².